The Morgan fingerprint density at radius 2 is 1.92 bits per heavy atom. The van der Waals surface area contributed by atoms with Crippen molar-refractivity contribution >= 4 is 23.7 Å². The molecule has 1 aliphatic heterocycles. The first-order valence-corrected chi connectivity index (χ1v) is 8.03. The molecule has 1 aromatic carbocycles. The summed E-state index contributed by atoms with van der Waals surface area (Å²) in [5, 5.41) is 11.0. The van der Waals surface area contributed by atoms with Crippen LogP contribution in [0.1, 0.15) is 50.8 Å². The van der Waals surface area contributed by atoms with Crippen LogP contribution in [0.4, 0.5) is 0 Å². The number of aliphatic carboxylic acids is 1. The molecule has 25 heavy (non-hydrogen) atoms. The minimum Gasteiger partial charge on any atom is -0.480 e. The van der Waals surface area contributed by atoms with Crippen LogP contribution in [-0.4, -0.2) is 60.0 Å². The number of amides is 3. The fourth-order valence-corrected chi connectivity index (χ4v) is 2.45. The summed E-state index contributed by atoms with van der Waals surface area (Å²) >= 11 is 0. The molecule has 2 N–H and O–H groups in total. The Hall–Kier alpha value is -2.74. The summed E-state index contributed by atoms with van der Waals surface area (Å²) in [4.78, 5) is 48.2. The average molecular weight is 348 g/mol. The molecule has 0 saturated carbocycles. The molecule has 0 aliphatic carbocycles. The van der Waals surface area contributed by atoms with Crippen LogP contribution in [0.15, 0.2) is 18.2 Å². The number of ether oxygens (including phenoxy) is 1. The second-order valence-electron chi connectivity index (χ2n) is 5.58. The van der Waals surface area contributed by atoms with Crippen LogP contribution < -0.4 is 5.32 Å². The summed E-state index contributed by atoms with van der Waals surface area (Å²) in [6.45, 7) is 2.11. The second kappa shape index (κ2) is 8.39. The topological polar surface area (TPSA) is 113 Å². The Morgan fingerprint density at radius 1 is 1.20 bits per heavy atom. The van der Waals surface area contributed by atoms with Crippen LogP contribution >= 0.6 is 0 Å². The van der Waals surface area contributed by atoms with Gasteiger partial charge in [-0.05, 0) is 24.6 Å². The number of imide groups is 1. The molecule has 8 heteroatoms. The molecule has 0 unspecified atom stereocenters. The number of nitrogens with one attached hydrogen (secondary N) is 1. The lowest BCUT2D eigenvalue weighted by molar-refractivity contribution is -0.142. The molecule has 8 nitrogen and oxygen atoms in total. The highest BCUT2D eigenvalue weighted by atomic mass is 16.5. The normalized spacial score (nSPS) is 13.1. The molecular formula is C17H20N2O6. The predicted molar refractivity (Wildman–Crippen MR) is 87.5 cm³/mol. The molecule has 1 heterocycles. The van der Waals surface area contributed by atoms with E-state index in [0.717, 1.165) is 12.8 Å². The van der Waals surface area contributed by atoms with Crippen LogP contribution in [0.2, 0.25) is 0 Å². The maximum absolute atomic E-state index is 12.3. The molecule has 0 aromatic heterocycles. The van der Waals surface area contributed by atoms with E-state index < -0.39 is 18.5 Å². The lowest BCUT2D eigenvalue weighted by Gasteiger charge is -2.12. The fraction of sp³-hybridized carbons (Fsp3) is 0.412. The molecule has 0 saturated heterocycles. The Morgan fingerprint density at radius 3 is 2.60 bits per heavy atom. The van der Waals surface area contributed by atoms with E-state index in [9.17, 15) is 19.2 Å². The molecule has 3 amide bonds. The third-order valence-electron chi connectivity index (χ3n) is 3.73. The zero-order chi connectivity index (χ0) is 18.4. The highest BCUT2D eigenvalue weighted by Crippen LogP contribution is 2.24. The third kappa shape index (κ3) is 4.42. The molecule has 1 aromatic rings. The van der Waals surface area contributed by atoms with E-state index in [4.69, 9.17) is 9.84 Å². The van der Waals surface area contributed by atoms with Crippen molar-refractivity contribution in [2.24, 2.45) is 0 Å². The average Bonchev–Trinajstić information content (AvgIpc) is 2.83. The molecule has 134 valence electrons. The number of rotatable bonds is 9. The summed E-state index contributed by atoms with van der Waals surface area (Å²) in [6, 6.07) is 4.38. The minimum atomic E-state index is -1.08. The van der Waals surface area contributed by atoms with Gasteiger partial charge in [-0.1, -0.05) is 13.3 Å². The van der Waals surface area contributed by atoms with Crippen molar-refractivity contribution in [3.05, 3.63) is 34.9 Å². The molecule has 2 rings (SSSR count). The van der Waals surface area contributed by atoms with E-state index in [2.05, 4.69) is 5.32 Å². The number of carbonyl (C=O) groups excluding carboxylic acids is 3. The molecule has 0 spiro atoms. The maximum Gasteiger partial charge on any atom is 0.329 e. The molecule has 0 bridgehead atoms. The standard InChI is InChI=1S/C17H20N2O6/c1-2-3-7-19-16(23)12-5-4-11(9-13(12)17(19)24)15(22)18-6-8-25-10-14(20)21/h4-5,9H,2-3,6-8,10H2,1H3,(H,18,22)(H,20,21). The van der Waals surface area contributed by atoms with E-state index in [-0.39, 0.29) is 36.1 Å². The minimum absolute atomic E-state index is 0.0607. The molecule has 1 aliphatic rings. The smallest absolute Gasteiger partial charge is 0.329 e. The van der Waals surface area contributed by atoms with Crippen molar-refractivity contribution in [3.63, 3.8) is 0 Å². The number of nitrogens with zero attached hydrogens (tertiary/aromatic N) is 1. The fourth-order valence-electron chi connectivity index (χ4n) is 2.45. The van der Waals surface area contributed by atoms with Crippen LogP contribution in [0.3, 0.4) is 0 Å². The molecule has 0 radical (unpaired) electrons. The number of carbonyl (C=O) groups is 4. The van der Waals surface area contributed by atoms with Crippen LogP contribution in [-0.2, 0) is 9.53 Å². The van der Waals surface area contributed by atoms with Crippen molar-refractivity contribution in [1.82, 2.24) is 10.2 Å². The maximum atomic E-state index is 12.3. The van der Waals surface area contributed by atoms with Gasteiger partial charge in [0, 0.05) is 18.7 Å². The zero-order valence-electron chi connectivity index (χ0n) is 13.9. The van der Waals surface area contributed by atoms with E-state index >= 15 is 0 Å². The highest BCUT2D eigenvalue weighted by Gasteiger charge is 2.35. The van der Waals surface area contributed by atoms with Crippen LogP contribution in [0.25, 0.3) is 0 Å². The number of hydrogen-bond acceptors (Lipinski definition) is 5. The van der Waals surface area contributed by atoms with Gasteiger partial charge in [0.05, 0.1) is 17.7 Å². The third-order valence-corrected chi connectivity index (χ3v) is 3.73. The number of carboxylic acids is 1. The predicted octanol–water partition coefficient (Wildman–Crippen LogP) is 0.914. The van der Waals surface area contributed by atoms with Crippen LogP contribution in [0, 0.1) is 0 Å². The van der Waals surface area contributed by atoms with Crippen molar-refractivity contribution in [3.8, 4) is 0 Å². The Labute approximate surface area is 144 Å². The second-order valence-corrected chi connectivity index (χ2v) is 5.58. The number of unbranched alkanes of at least 4 members (excludes halogenated alkanes) is 1. The van der Waals surface area contributed by atoms with Crippen LogP contribution in [0.5, 0.6) is 0 Å². The summed E-state index contributed by atoms with van der Waals surface area (Å²) in [6.07, 6.45) is 1.60. The molecule has 0 atom stereocenters. The highest BCUT2D eigenvalue weighted by molar-refractivity contribution is 6.22. The number of benzene rings is 1. The van der Waals surface area contributed by atoms with Gasteiger partial charge in [0.25, 0.3) is 17.7 Å². The zero-order valence-corrected chi connectivity index (χ0v) is 13.9. The van der Waals surface area contributed by atoms with E-state index in [1.54, 1.807) is 0 Å². The van der Waals surface area contributed by atoms with Crippen molar-refractivity contribution < 1.29 is 29.0 Å². The molecular weight excluding hydrogens is 328 g/mol. The number of hydrogen-bond donors (Lipinski definition) is 2. The van der Waals surface area contributed by atoms with Gasteiger partial charge in [-0.25, -0.2) is 4.79 Å². The number of fused-ring (bicyclic) bond motifs is 1. The van der Waals surface area contributed by atoms with Gasteiger partial charge in [-0.2, -0.15) is 0 Å². The van der Waals surface area contributed by atoms with Gasteiger partial charge in [0.1, 0.15) is 6.61 Å². The Balaban J connectivity index is 1.98. The number of carboxylic acid groups (broad SMARTS) is 1. The van der Waals surface area contributed by atoms with E-state index in [0.29, 0.717) is 12.1 Å². The SMILES string of the molecule is CCCCN1C(=O)c2ccc(C(=O)NCCOCC(=O)O)cc2C1=O. The van der Waals surface area contributed by atoms with Crippen molar-refractivity contribution in [2.75, 3.05) is 26.3 Å². The van der Waals surface area contributed by atoms with Gasteiger partial charge in [-0.3, -0.25) is 19.3 Å². The van der Waals surface area contributed by atoms with Gasteiger partial charge in [-0.15, -0.1) is 0 Å². The van der Waals surface area contributed by atoms with Gasteiger partial charge in [0.15, 0.2) is 0 Å². The lowest BCUT2D eigenvalue weighted by atomic mass is 10.1. The Kier molecular flexibility index (Phi) is 6.24. The van der Waals surface area contributed by atoms with Gasteiger partial charge in [0.2, 0.25) is 0 Å². The first kappa shape index (κ1) is 18.6. The lowest BCUT2D eigenvalue weighted by Crippen LogP contribution is -2.30. The van der Waals surface area contributed by atoms with Crippen molar-refractivity contribution in [2.45, 2.75) is 19.8 Å². The van der Waals surface area contributed by atoms with Crippen molar-refractivity contribution in [1.29, 1.82) is 0 Å². The molecule has 0 fully saturated rings. The summed E-state index contributed by atoms with van der Waals surface area (Å²) < 4.78 is 4.82. The summed E-state index contributed by atoms with van der Waals surface area (Å²) in [5.74, 6) is -2.22. The van der Waals surface area contributed by atoms with E-state index in [1.165, 1.54) is 23.1 Å². The Bertz CT molecular complexity index is 700. The quantitative estimate of drug-likeness (QED) is 0.507. The van der Waals surface area contributed by atoms with Gasteiger partial charge >= 0.3 is 5.97 Å². The summed E-state index contributed by atoms with van der Waals surface area (Å²) in [5.41, 5.74) is 0.800. The largest absolute Gasteiger partial charge is 0.480 e. The monoisotopic (exact) mass is 348 g/mol. The summed E-state index contributed by atoms with van der Waals surface area (Å²) in [7, 11) is 0. The van der Waals surface area contributed by atoms with Gasteiger partial charge < -0.3 is 15.2 Å². The first-order valence-electron chi connectivity index (χ1n) is 8.03. The van der Waals surface area contributed by atoms with E-state index in [1.807, 2.05) is 6.92 Å². The first-order chi connectivity index (χ1) is 12.0.